The van der Waals surface area contributed by atoms with Crippen molar-refractivity contribution in [2.45, 2.75) is 57.3 Å². The number of likely N-dealkylation sites (tertiary alicyclic amines) is 1. The smallest absolute Gasteiger partial charge is 0.410 e. The van der Waals surface area contributed by atoms with Crippen LogP contribution >= 0.6 is 0 Å². The number of rotatable bonds is 2. The van der Waals surface area contributed by atoms with Crippen molar-refractivity contribution in [1.82, 2.24) is 20.4 Å². The van der Waals surface area contributed by atoms with Gasteiger partial charge in [0.1, 0.15) is 11.6 Å². The summed E-state index contributed by atoms with van der Waals surface area (Å²) in [6, 6.07) is -0.742. The minimum atomic E-state index is -0.553. The zero-order valence-corrected chi connectivity index (χ0v) is 14.9. The number of hydrogen-bond donors (Lipinski definition) is 2. The van der Waals surface area contributed by atoms with Crippen LogP contribution in [-0.2, 0) is 9.53 Å². The molecule has 3 aliphatic heterocycles. The van der Waals surface area contributed by atoms with E-state index < -0.39 is 11.6 Å². The van der Waals surface area contributed by atoms with Crippen molar-refractivity contribution in [1.29, 1.82) is 0 Å². The van der Waals surface area contributed by atoms with E-state index in [4.69, 9.17) is 4.74 Å². The molecule has 0 aliphatic carbocycles. The molecule has 2 fully saturated rings. The van der Waals surface area contributed by atoms with Gasteiger partial charge in [-0.3, -0.25) is 4.79 Å². The van der Waals surface area contributed by atoms with Gasteiger partial charge in [-0.2, -0.15) is 0 Å². The van der Waals surface area contributed by atoms with Gasteiger partial charge >= 0.3 is 12.1 Å². The first-order valence-corrected chi connectivity index (χ1v) is 8.77. The fraction of sp³-hybridized carbons (Fsp3) is 0.706. The molecule has 3 rings (SSSR count). The third-order valence-electron chi connectivity index (χ3n) is 4.59. The predicted octanol–water partition coefficient (Wildman–Crippen LogP) is 0.834. The Hall–Kier alpha value is -2.25. The molecule has 0 aromatic rings. The SMILES string of the molecule is CC(C)(C)OC(=O)N1CCC(NC(=O)[C@@H]2C=C[C@@H]3CN2C(=O)N3)CC1. The van der Waals surface area contributed by atoms with Gasteiger partial charge in [0.2, 0.25) is 5.91 Å². The summed E-state index contributed by atoms with van der Waals surface area (Å²) in [7, 11) is 0. The number of nitrogens with zero attached hydrogens (tertiary/aromatic N) is 2. The van der Waals surface area contributed by atoms with Crippen LogP contribution < -0.4 is 10.6 Å². The second kappa shape index (κ2) is 6.57. The highest BCUT2D eigenvalue weighted by Gasteiger charge is 2.39. The Kier molecular flexibility index (Phi) is 4.62. The van der Waals surface area contributed by atoms with Gasteiger partial charge in [0.15, 0.2) is 0 Å². The molecule has 2 saturated heterocycles. The first-order chi connectivity index (χ1) is 11.7. The number of amides is 4. The van der Waals surface area contributed by atoms with Crippen LogP contribution in [0.25, 0.3) is 0 Å². The Bertz CT molecular complexity index is 590. The number of carbonyl (C=O) groups excluding carboxylic acids is 3. The molecule has 2 atom stereocenters. The molecule has 3 aliphatic rings. The van der Waals surface area contributed by atoms with Crippen LogP contribution in [0.5, 0.6) is 0 Å². The molecule has 138 valence electrons. The van der Waals surface area contributed by atoms with E-state index in [1.54, 1.807) is 15.9 Å². The number of fused-ring (bicyclic) bond motifs is 2. The van der Waals surface area contributed by atoms with Crippen molar-refractivity contribution in [3.63, 3.8) is 0 Å². The van der Waals surface area contributed by atoms with Crippen molar-refractivity contribution in [3.05, 3.63) is 12.2 Å². The molecule has 0 unspecified atom stereocenters. The number of piperidine rings is 1. The van der Waals surface area contributed by atoms with E-state index >= 15 is 0 Å². The van der Waals surface area contributed by atoms with Gasteiger partial charge in [-0.25, -0.2) is 9.59 Å². The Morgan fingerprint density at radius 1 is 1.24 bits per heavy atom. The lowest BCUT2D eigenvalue weighted by atomic mass is 10.0. The largest absolute Gasteiger partial charge is 0.444 e. The standard InChI is InChI=1S/C17H26N4O4/c1-17(2,3)25-16(24)20-8-6-11(7-9-20)18-14(22)13-5-4-12-10-21(13)15(23)19-12/h4-5,11-13H,6-10H2,1-3H3,(H,18,22)(H,19,23)/t12-,13+/m1/s1. The van der Waals surface area contributed by atoms with Gasteiger partial charge in [-0.15, -0.1) is 0 Å². The summed E-state index contributed by atoms with van der Waals surface area (Å²) >= 11 is 0. The molecule has 0 spiro atoms. The minimum absolute atomic E-state index is 0.00275. The maximum absolute atomic E-state index is 12.5. The molecular weight excluding hydrogens is 324 g/mol. The second-order valence-corrected chi connectivity index (χ2v) is 7.79. The van der Waals surface area contributed by atoms with Crippen molar-refractivity contribution in [2.75, 3.05) is 19.6 Å². The highest BCUT2D eigenvalue weighted by Crippen LogP contribution is 2.19. The summed E-state index contributed by atoms with van der Waals surface area (Å²) in [5.74, 6) is -0.164. The molecule has 4 amide bonds. The number of urea groups is 1. The molecule has 3 heterocycles. The topological polar surface area (TPSA) is 91.0 Å². The van der Waals surface area contributed by atoms with Crippen LogP contribution in [0, 0.1) is 0 Å². The van der Waals surface area contributed by atoms with Crippen molar-refractivity contribution >= 4 is 18.0 Å². The van der Waals surface area contributed by atoms with Crippen LogP contribution in [0.1, 0.15) is 33.6 Å². The molecule has 25 heavy (non-hydrogen) atoms. The fourth-order valence-corrected chi connectivity index (χ4v) is 3.32. The van der Waals surface area contributed by atoms with E-state index in [0.717, 1.165) is 0 Å². The Morgan fingerprint density at radius 2 is 1.92 bits per heavy atom. The van der Waals surface area contributed by atoms with Gasteiger partial charge in [0.05, 0.1) is 6.04 Å². The number of hydrogen-bond acceptors (Lipinski definition) is 4. The zero-order chi connectivity index (χ0) is 18.2. The van der Waals surface area contributed by atoms with Crippen molar-refractivity contribution < 1.29 is 19.1 Å². The number of carbonyl (C=O) groups is 3. The Balaban J connectivity index is 1.48. The van der Waals surface area contributed by atoms with Crippen LogP contribution in [0.4, 0.5) is 9.59 Å². The van der Waals surface area contributed by atoms with E-state index in [9.17, 15) is 14.4 Å². The maximum Gasteiger partial charge on any atom is 0.410 e. The summed E-state index contributed by atoms with van der Waals surface area (Å²) in [5, 5.41) is 5.81. The van der Waals surface area contributed by atoms with E-state index in [1.807, 2.05) is 26.8 Å². The summed E-state index contributed by atoms with van der Waals surface area (Å²) in [6.45, 7) is 7.15. The third-order valence-corrected chi connectivity index (χ3v) is 4.59. The second-order valence-electron chi connectivity index (χ2n) is 7.79. The minimum Gasteiger partial charge on any atom is -0.444 e. The summed E-state index contributed by atoms with van der Waals surface area (Å²) in [4.78, 5) is 39.6. The quantitative estimate of drug-likeness (QED) is 0.722. The first-order valence-electron chi connectivity index (χ1n) is 8.77. The maximum atomic E-state index is 12.5. The fourth-order valence-electron chi connectivity index (χ4n) is 3.32. The van der Waals surface area contributed by atoms with Crippen molar-refractivity contribution in [2.24, 2.45) is 0 Å². The van der Waals surface area contributed by atoms with E-state index in [2.05, 4.69) is 10.6 Å². The average Bonchev–Trinajstić information content (AvgIpc) is 2.81. The first kappa shape index (κ1) is 17.6. The highest BCUT2D eigenvalue weighted by molar-refractivity contribution is 5.91. The van der Waals surface area contributed by atoms with E-state index in [-0.39, 0.29) is 30.1 Å². The van der Waals surface area contributed by atoms with Crippen LogP contribution in [0.2, 0.25) is 0 Å². The molecule has 2 bridgehead atoms. The summed E-state index contributed by atoms with van der Waals surface area (Å²) in [5.41, 5.74) is -0.510. The lowest BCUT2D eigenvalue weighted by molar-refractivity contribution is -0.125. The molecule has 0 aromatic carbocycles. The molecular formula is C17H26N4O4. The Morgan fingerprint density at radius 3 is 2.56 bits per heavy atom. The van der Waals surface area contributed by atoms with Gasteiger partial charge in [-0.05, 0) is 33.6 Å². The van der Waals surface area contributed by atoms with Crippen LogP contribution in [0.3, 0.4) is 0 Å². The Labute approximate surface area is 147 Å². The van der Waals surface area contributed by atoms with Gasteiger partial charge in [-0.1, -0.05) is 12.2 Å². The predicted molar refractivity (Wildman–Crippen MR) is 90.9 cm³/mol. The third kappa shape index (κ3) is 4.05. The van der Waals surface area contributed by atoms with Crippen LogP contribution in [0.15, 0.2) is 12.2 Å². The monoisotopic (exact) mass is 350 g/mol. The lowest BCUT2D eigenvalue weighted by Crippen LogP contribution is -2.53. The highest BCUT2D eigenvalue weighted by atomic mass is 16.6. The number of nitrogens with one attached hydrogen (secondary N) is 2. The summed E-state index contributed by atoms with van der Waals surface area (Å²) in [6.07, 6.45) is 4.69. The molecule has 8 nitrogen and oxygen atoms in total. The zero-order valence-electron chi connectivity index (χ0n) is 14.9. The van der Waals surface area contributed by atoms with Gasteiger partial charge in [0.25, 0.3) is 0 Å². The normalized spacial score (nSPS) is 26.4. The number of ether oxygens (including phenoxy) is 1. The average molecular weight is 350 g/mol. The summed E-state index contributed by atoms with van der Waals surface area (Å²) < 4.78 is 5.37. The van der Waals surface area contributed by atoms with Crippen LogP contribution in [-0.4, -0.2) is 71.2 Å². The van der Waals surface area contributed by atoms with Gasteiger partial charge in [0, 0.05) is 25.7 Å². The van der Waals surface area contributed by atoms with Gasteiger partial charge < -0.3 is 25.2 Å². The van der Waals surface area contributed by atoms with E-state index in [1.165, 1.54) is 0 Å². The lowest BCUT2D eigenvalue weighted by Gasteiger charge is -2.34. The van der Waals surface area contributed by atoms with Crippen molar-refractivity contribution in [3.8, 4) is 0 Å². The molecule has 0 radical (unpaired) electrons. The van der Waals surface area contributed by atoms with E-state index in [0.29, 0.717) is 32.5 Å². The molecule has 0 aromatic heterocycles. The molecule has 8 heteroatoms. The molecule has 2 N–H and O–H groups in total. The molecule has 0 saturated carbocycles.